The van der Waals surface area contributed by atoms with Crippen LogP contribution in [0.25, 0.3) is 0 Å². The molecule has 30 heavy (non-hydrogen) atoms. The molecular formula is C21H32N6O3. The first-order chi connectivity index (χ1) is 14.2. The van der Waals surface area contributed by atoms with Crippen molar-refractivity contribution >= 4 is 11.8 Å². The SMILES string of the molecule is CC(=O)N(CCc1noc(C(C)C)n1)C1CCCN(C(=O)Cn2nc(C)cc2C)C1. The molecule has 0 N–H and O–H groups in total. The van der Waals surface area contributed by atoms with Gasteiger partial charge in [0, 0.05) is 50.6 Å². The summed E-state index contributed by atoms with van der Waals surface area (Å²) in [4.78, 5) is 33.3. The van der Waals surface area contributed by atoms with Gasteiger partial charge in [-0.15, -0.1) is 0 Å². The van der Waals surface area contributed by atoms with Gasteiger partial charge in [-0.25, -0.2) is 0 Å². The molecule has 3 rings (SSSR count). The van der Waals surface area contributed by atoms with Crippen LogP contribution in [-0.2, 0) is 22.6 Å². The summed E-state index contributed by atoms with van der Waals surface area (Å²) in [5, 5.41) is 8.40. The molecule has 2 aromatic heterocycles. The zero-order valence-corrected chi connectivity index (χ0v) is 18.6. The fourth-order valence-corrected chi connectivity index (χ4v) is 3.92. The van der Waals surface area contributed by atoms with Crippen molar-refractivity contribution < 1.29 is 14.1 Å². The summed E-state index contributed by atoms with van der Waals surface area (Å²) >= 11 is 0. The number of carbonyl (C=O) groups is 2. The lowest BCUT2D eigenvalue weighted by Crippen LogP contribution is -2.52. The fraction of sp³-hybridized carbons (Fsp3) is 0.667. The topological polar surface area (TPSA) is 97.4 Å². The van der Waals surface area contributed by atoms with E-state index in [1.807, 2.05) is 43.6 Å². The van der Waals surface area contributed by atoms with Gasteiger partial charge in [-0.1, -0.05) is 19.0 Å². The van der Waals surface area contributed by atoms with Gasteiger partial charge in [0.05, 0.1) is 5.69 Å². The maximum atomic E-state index is 12.8. The second-order valence-corrected chi connectivity index (χ2v) is 8.39. The van der Waals surface area contributed by atoms with Gasteiger partial charge in [-0.2, -0.15) is 10.1 Å². The average Bonchev–Trinajstić information content (AvgIpc) is 3.28. The first kappa shape index (κ1) is 22.0. The van der Waals surface area contributed by atoms with Crippen LogP contribution in [-0.4, -0.2) is 67.2 Å². The molecule has 1 saturated heterocycles. The number of amides is 2. The van der Waals surface area contributed by atoms with Crippen molar-refractivity contribution in [2.75, 3.05) is 19.6 Å². The highest BCUT2D eigenvalue weighted by Gasteiger charge is 2.29. The van der Waals surface area contributed by atoms with Crippen molar-refractivity contribution in [2.24, 2.45) is 0 Å². The Morgan fingerprint density at radius 1 is 1.33 bits per heavy atom. The zero-order valence-electron chi connectivity index (χ0n) is 18.6. The third kappa shape index (κ3) is 5.25. The zero-order chi connectivity index (χ0) is 21.8. The fourth-order valence-electron chi connectivity index (χ4n) is 3.92. The summed E-state index contributed by atoms with van der Waals surface area (Å²) < 4.78 is 7.00. The third-order valence-electron chi connectivity index (χ3n) is 5.54. The van der Waals surface area contributed by atoms with Crippen molar-refractivity contribution in [1.82, 2.24) is 29.7 Å². The number of likely N-dealkylation sites (tertiary alicyclic amines) is 1. The highest BCUT2D eigenvalue weighted by Crippen LogP contribution is 2.18. The number of piperidine rings is 1. The summed E-state index contributed by atoms with van der Waals surface area (Å²) in [6.45, 7) is 11.4. The molecule has 9 heteroatoms. The molecule has 1 aliphatic heterocycles. The molecular weight excluding hydrogens is 384 g/mol. The second-order valence-electron chi connectivity index (χ2n) is 8.39. The van der Waals surface area contributed by atoms with Gasteiger partial charge in [0.15, 0.2) is 5.82 Å². The van der Waals surface area contributed by atoms with E-state index in [4.69, 9.17) is 4.52 Å². The predicted molar refractivity (Wildman–Crippen MR) is 111 cm³/mol. The molecule has 0 radical (unpaired) electrons. The molecule has 0 aromatic carbocycles. The van der Waals surface area contributed by atoms with Gasteiger partial charge in [-0.3, -0.25) is 14.3 Å². The van der Waals surface area contributed by atoms with E-state index >= 15 is 0 Å². The standard InChI is InChI=1S/C21H32N6O3/c1-14(2)21-22-19(24-30-21)8-10-26(17(5)28)18-7-6-9-25(12-18)20(29)13-27-16(4)11-15(3)23-27/h11,14,18H,6-10,12-13H2,1-5H3. The highest BCUT2D eigenvalue weighted by molar-refractivity contribution is 5.77. The van der Waals surface area contributed by atoms with E-state index in [0.717, 1.165) is 24.2 Å². The van der Waals surface area contributed by atoms with Gasteiger partial charge in [0.2, 0.25) is 17.7 Å². The van der Waals surface area contributed by atoms with Crippen molar-refractivity contribution in [3.63, 3.8) is 0 Å². The Morgan fingerprint density at radius 3 is 2.70 bits per heavy atom. The molecule has 1 fully saturated rings. The molecule has 0 spiro atoms. The van der Waals surface area contributed by atoms with Crippen LogP contribution in [0.3, 0.4) is 0 Å². The minimum atomic E-state index is -0.00266. The Bertz CT molecular complexity index is 887. The molecule has 0 bridgehead atoms. The summed E-state index contributed by atoms with van der Waals surface area (Å²) in [6, 6.07) is 1.96. The van der Waals surface area contributed by atoms with Gasteiger partial charge in [-0.05, 0) is 32.8 Å². The smallest absolute Gasteiger partial charge is 0.244 e. The molecule has 2 amide bonds. The van der Waals surface area contributed by atoms with Crippen LogP contribution < -0.4 is 0 Å². The number of hydrogen-bond acceptors (Lipinski definition) is 6. The lowest BCUT2D eigenvalue weighted by Gasteiger charge is -2.39. The number of aromatic nitrogens is 4. The first-order valence-electron chi connectivity index (χ1n) is 10.6. The van der Waals surface area contributed by atoms with E-state index < -0.39 is 0 Å². The normalized spacial score (nSPS) is 16.9. The Kier molecular flexibility index (Phi) is 6.89. The van der Waals surface area contributed by atoms with E-state index in [1.54, 1.807) is 11.6 Å². The maximum Gasteiger partial charge on any atom is 0.244 e. The van der Waals surface area contributed by atoms with E-state index in [-0.39, 0.29) is 30.3 Å². The van der Waals surface area contributed by atoms with Crippen LogP contribution in [0, 0.1) is 13.8 Å². The Balaban J connectivity index is 1.61. The molecule has 9 nitrogen and oxygen atoms in total. The third-order valence-corrected chi connectivity index (χ3v) is 5.54. The number of rotatable bonds is 7. The van der Waals surface area contributed by atoms with Crippen molar-refractivity contribution in [3.05, 3.63) is 29.2 Å². The van der Waals surface area contributed by atoms with Crippen molar-refractivity contribution in [3.8, 4) is 0 Å². The van der Waals surface area contributed by atoms with Gasteiger partial charge < -0.3 is 14.3 Å². The Morgan fingerprint density at radius 2 is 2.10 bits per heavy atom. The van der Waals surface area contributed by atoms with Crippen molar-refractivity contribution in [2.45, 2.75) is 72.4 Å². The second kappa shape index (κ2) is 9.40. The van der Waals surface area contributed by atoms with Crippen LogP contribution in [0.5, 0.6) is 0 Å². The predicted octanol–water partition coefficient (Wildman–Crippen LogP) is 2.09. The minimum Gasteiger partial charge on any atom is -0.339 e. The molecule has 1 unspecified atom stereocenters. The minimum absolute atomic E-state index is 0.000391. The number of aryl methyl sites for hydroxylation is 2. The van der Waals surface area contributed by atoms with Crippen LogP contribution in [0.1, 0.15) is 62.6 Å². The van der Waals surface area contributed by atoms with E-state index in [2.05, 4.69) is 15.2 Å². The Hall–Kier alpha value is -2.71. The lowest BCUT2D eigenvalue weighted by atomic mass is 10.0. The molecule has 0 aliphatic carbocycles. The number of nitrogens with zero attached hydrogens (tertiary/aromatic N) is 6. The molecule has 1 atom stereocenters. The van der Waals surface area contributed by atoms with Crippen LogP contribution in [0.4, 0.5) is 0 Å². The summed E-state index contributed by atoms with van der Waals surface area (Å²) in [7, 11) is 0. The maximum absolute atomic E-state index is 12.8. The van der Waals surface area contributed by atoms with Crippen LogP contribution >= 0.6 is 0 Å². The summed E-state index contributed by atoms with van der Waals surface area (Å²) in [6.07, 6.45) is 2.29. The van der Waals surface area contributed by atoms with E-state index in [9.17, 15) is 9.59 Å². The highest BCUT2D eigenvalue weighted by atomic mass is 16.5. The molecule has 3 heterocycles. The average molecular weight is 417 g/mol. The largest absolute Gasteiger partial charge is 0.339 e. The lowest BCUT2D eigenvalue weighted by molar-refractivity contribution is -0.139. The van der Waals surface area contributed by atoms with Crippen LogP contribution in [0.2, 0.25) is 0 Å². The van der Waals surface area contributed by atoms with Crippen molar-refractivity contribution in [1.29, 1.82) is 0 Å². The first-order valence-corrected chi connectivity index (χ1v) is 10.6. The molecule has 0 saturated carbocycles. The molecule has 1 aliphatic rings. The van der Waals surface area contributed by atoms with Crippen LogP contribution in [0.15, 0.2) is 10.6 Å². The number of carbonyl (C=O) groups excluding carboxylic acids is 2. The molecule has 2 aromatic rings. The van der Waals surface area contributed by atoms with E-state index in [1.165, 1.54) is 0 Å². The van der Waals surface area contributed by atoms with E-state index in [0.29, 0.717) is 37.8 Å². The van der Waals surface area contributed by atoms with Gasteiger partial charge >= 0.3 is 0 Å². The monoisotopic (exact) mass is 416 g/mol. The quantitative estimate of drug-likeness (QED) is 0.686. The summed E-state index contributed by atoms with van der Waals surface area (Å²) in [5.74, 6) is 1.43. The summed E-state index contributed by atoms with van der Waals surface area (Å²) in [5.41, 5.74) is 1.88. The number of hydrogen-bond donors (Lipinski definition) is 0. The van der Waals surface area contributed by atoms with Gasteiger partial charge in [0.1, 0.15) is 6.54 Å². The Labute approximate surface area is 177 Å². The van der Waals surface area contributed by atoms with Gasteiger partial charge in [0.25, 0.3) is 0 Å². The molecule has 164 valence electrons.